The molecular formula is C18H27NO3. The highest BCUT2D eigenvalue weighted by molar-refractivity contribution is 5.57. The van der Waals surface area contributed by atoms with Crippen LogP contribution < -0.4 is 4.90 Å². The SMILES string of the molecule is CC1CCN(CC(O)COCC2CCCO2)c2ccccc21. The summed E-state index contributed by atoms with van der Waals surface area (Å²) in [4.78, 5) is 2.29. The van der Waals surface area contributed by atoms with E-state index < -0.39 is 6.10 Å². The summed E-state index contributed by atoms with van der Waals surface area (Å²) in [5.41, 5.74) is 2.65. The minimum Gasteiger partial charge on any atom is -0.389 e. The van der Waals surface area contributed by atoms with E-state index in [4.69, 9.17) is 9.47 Å². The van der Waals surface area contributed by atoms with Gasteiger partial charge in [-0.15, -0.1) is 0 Å². The molecule has 0 radical (unpaired) electrons. The fourth-order valence-corrected chi connectivity index (χ4v) is 3.43. The molecule has 2 heterocycles. The van der Waals surface area contributed by atoms with Crippen LogP contribution in [-0.4, -0.2) is 50.2 Å². The average molecular weight is 305 g/mol. The minimum absolute atomic E-state index is 0.226. The Hall–Kier alpha value is -1.10. The maximum Gasteiger partial charge on any atom is 0.0948 e. The highest BCUT2D eigenvalue weighted by atomic mass is 16.5. The monoisotopic (exact) mass is 305 g/mol. The Kier molecular flexibility index (Phi) is 5.34. The molecule has 4 heteroatoms. The predicted octanol–water partition coefficient (Wildman–Crippen LogP) is 2.56. The number of hydrogen-bond acceptors (Lipinski definition) is 4. The van der Waals surface area contributed by atoms with Crippen molar-refractivity contribution in [1.82, 2.24) is 0 Å². The topological polar surface area (TPSA) is 41.9 Å². The molecule has 1 fully saturated rings. The van der Waals surface area contributed by atoms with Crippen molar-refractivity contribution in [3.63, 3.8) is 0 Å². The highest BCUT2D eigenvalue weighted by Gasteiger charge is 2.23. The molecule has 3 rings (SSSR count). The number of benzene rings is 1. The Morgan fingerprint density at radius 2 is 2.23 bits per heavy atom. The van der Waals surface area contributed by atoms with Gasteiger partial charge >= 0.3 is 0 Å². The third kappa shape index (κ3) is 3.80. The van der Waals surface area contributed by atoms with Gasteiger partial charge in [-0.3, -0.25) is 0 Å². The maximum absolute atomic E-state index is 10.3. The second-order valence-corrected chi connectivity index (χ2v) is 6.52. The van der Waals surface area contributed by atoms with Gasteiger partial charge in [-0.1, -0.05) is 25.1 Å². The summed E-state index contributed by atoms with van der Waals surface area (Å²) >= 11 is 0. The number of para-hydroxylation sites is 1. The van der Waals surface area contributed by atoms with Gasteiger partial charge in [-0.05, 0) is 36.8 Å². The molecule has 2 aliphatic heterocycles. The van der Waals surface area contributed by atoms with Crippen molar-refractivity contribution < 1.29 is 14.6 Å². The van der Waals surface area contributed by atoms with E-state index in [1.807, 2.05) is 0 Å². The van der Waals surface area contributed by atoms with Crippen LogP contribution in [0, 0.1) is 0 Å². The third-order valence-corrected chi connectivity index (χ3v) is 4.71. The quantitative estimate of drug-likeness (QED) is 0.877. The van der Waals surface area contributed by atoms with E-state index >= 15 is 0 Å². The number of aliphatic hydroxyl groups excluding tert-OH is 1. The Bertz CT molecular complexity index is 473. The van der Waals surface area contributed by atoms with E-state index in [-0.39, 0.29) is 6.10 Å². The summed E-state index contributed by atoms with van der Waals surface area (Å²) in [6.45, 7) is 5.74. The van der Waals surface area contributed by atoms with Gasteiger partial charge < -0.3 is 19.5 Å². The molecule has 0 bridgehead atoms. The number of fused-ring (bicyclic) bond motifs is 1. The molecule has 0 aromatic heterocycles. The van der Waals surface area contributed by atoms with Crippen LogP contribution in [0.4, 0.5) is 5.69 Å². The number of aliphatic hydroxyl groups is 1. The zero-order valence-electron chi connectivity index (χ0n) is 13.4. The van der Waals surface area contributed by atoms with Gasteiger partial charge in [0.15, 0.2) is 0 Å². The molecule has 0 spiro atoms. The van der Waals surface area contributed by atoms with Gasteiger partial charge in [-0.25, -0.2) is 0 Å². The van der Waals surface area contributed by atoms with Crippen molar-refractivity contribution in [2.75, 3.05) is 37.8 Å². The lowest BCUT2D eigenvalue weighted by atomic mass is 9.91. The van der Waals surface area contributed by atoms with Crippen LogP contribution in [-0.2, 0) is 9.47 Å². The number of nitrogens with zero attached hydrogens (tertiary/aromatic N) is 1. The Labute approximate surface area is 133 Å². The van der Waals surface area contributed by atoms with Crippen molar-refractivity contribution in [2.24, 2.45) is 0 Å². The van der Waals surface area contributed by atoms with Crippen LogP contribution in [0.5, 0.6) is 0 Å². The zero-order valence-corrected chi connectivity index (χ0v) is 13.4. The molecule has 0 saturated carbocycles. The average Bonchev–Trinajstić information content (AvgIpc) is 3.04. The van der Waals surface area contributed by atoms with Crippen molar-refractivity contribution >= 4 is 5.69 Å². The molecule has 3 atom stereocenters. The summed E-state index contributed by atoms with van der Waals surface area (Å²) in [6.07, 6.45) is 3.11. The van der Waals surface area contributed by atoms with Crippen LogP contribution in [0.3, 0.4) is 0 Å². The smallest absolute Gasteiger partial charge is 0.0948 e. The lowest BCUT2D eigenvalue weighted by Gasteiger charge is -2.35. The summed E-state index contributed by atoms with van der Waals surface area (Å²) in [5.74, 6) is 0.598. The molecule has 0 amide bonds. The van der Waals surface area contributed by atoms with Crippen LogP contribution in [0.15, 0.2) is 24.3 Å². The first-order valence-corrected chi connectivity index (χ1v) is 8.45. The Balaban J connectivity index is 1.49. The van der Waals surface area contributed by atoms with Gasteiger partial charge in [0, 0.05) is 25.4 Å². The molecule has 0 aliphatic carbocycles. The number of hydrogen-bond donors (Lipinski definition) is 1. The van der Waals surface area contributed by atoms with E-state index in [9.17, 15) is 5.11 Å². The van der Waals surface area contributed by atoms with Crippen LogP contribution in [0.1, 0.15) is 37.7 Å². The van der Waals surface area contributed by atoms with Crippen LogP contribution >= 0.6 is 0 Å². The molecule has 1 N–H and O–H groups in total. The lowest BCUT2D eigenvalue weighted by Crippen LogP contribution is -2.39. The minimum atomic E-state index is -0.456. The van der Waals surface area contributed by atoms with Gasteiger partial charge in [0.1, 0.15) is 0 Å². The highest BCUT2D eigenvalue weighted by Crippen LogP contribution is 2.34. The van der Waals surface area contributed by atoms with E-state index in [0.29, 0.717) is 25.7 Å². The first-order chi connectivity index (χ1) is 10.7. The molecule has 3 unspecified atom stereocenters. The molecule has 4 nitrogen and oxygen atoms in total. The predicted molar refractivity (Wildman–Crippen MR) is 87.5 cm³/mol. The Morgan fingerprint density at radius 3 is 3.05 bits per heavy atom. The first kappa shape index (κ1) is 15.8. The van der Waals surface area contributed by atoms with Gasteiger partial charge in [0.25, 0.3) is 0 Å². The van der Waals surface area contributed by atoms with Crippen molar-refractivity contribution in [3.8, 4) is 0 Å². The number of rotatable bonds is 6. The molecule has 22 heavy (non-hydrogen) atoms. The summed E-state index contributed by atoms with van der Waals surface area (Å²) in [6, 6.07) is 8.53. The lowest BCUT2D eigenvalue weighted by molar-refractivity contribution is -0.0150. The largest absolute Gasteiger partial charge is 0.389 e. The summed E-state index contributed by atoms with van der Waals surface area (Å²) in [7, 11) is 0. The van der Waals surface area contributed by atoms with Gasteiger partial charge in [0.2, 0.25) is 0 Å². The second-order valence-electron chi connectivity index (χ2n) is 6.52. The zero-order chi connectivity index (χ0) is 15.4. The van der Waals surface area contributed by atoms with Crippen molar-refractivity contribution in [2.45, 2.75) is 44.3 Å². The molecule has 1 saturated heterocycles. The third-order valence-electron chi connectivity index (χ3n) is 4.71. The molecule has 122 valence electrons. The number of anilines is 1. The van der Waals surface area contributed by atoms with Crippen LogP contribution in [0.2, 0.25) is 0 Å². The van der Waals surface area contributed by atoms with E-state index in [0.717, 1.165) is 32.4 Å². The second kappa shape index (κ2) is 7.44. The molecule has 2 aliphatic rings. The number of ether oxygens (including phenoxy) is 2. The first-order valence-electron chi connectivity index (χ1n) is 8.45. The Morgan fingerprint density at radius 1 is 1.36 bits per heavy atom. The normalized spacial score (nSPS) is 26.0. The van der Waals surface area contributed by atoms with Crippen molar-refractivity contribution in [3.05, 3.63) is 29.8 Å². The van der Waals surface area contributed by atoms with E-state index in [1.165, 1.54) is 11.3 Å². The molecule has 1 aromatic carbocycles. The molecular weight excluding hydrogens is 278 g/mol. The maximum atomic E-state index is 10.3. The van der Waals surface area contributed by atoms with Crippen molar-refractivity contribution in [1.29, 1.82) is 0 Å². The van der Waals surface area contributed by atoms with E-state index in [1.54, 1.807) is 0 Å². The fraction of sp³-hybridized carbons (Fsp3) is 0.667. The summed E-state index contributed by atoms with van der Waals surface area (Å²) in [5, 5.41) is 10.3. The van der Waals surface area contributed by atoms with E-state index in [2.05, 4.69) is 36.1 Å². The van der Waals surface area contributed by atoms with Crippen LogP contribution in [0.25, 0.3) is 0 Å². The molecule has 1 aromatic rings. The standard InChI is InChI=1S/C18H27NO3/c1-14-8-9-19(18-7-3-2-6-17(14)18)11-15(20)12-21-13-16-5-4-10-22-16/h2-3,6-7,14-16,20H,4-5,8-13H2,1H3. The summed E-state index contributed by atoms with van der Waals surface area (Å²) < 4.78 is 11.2. The number of β-amino-alcohol motifs (C(OH)–C–C–N with tert-alkyl or cyclic N) is 1. The fourth-order valence-electron chi connectivity index (χ4n) is 3.43. The van der Waals surface area contributed by atoms with Gasteiger partial charge in [-0.2, -0.15) is 0 Å². The van der Waals surface area contributed by atoms with Gasteiger partial charge in [0.05, 0.1) is 25.4 Å².